The lowest BCUT2D eigenvalue weighted by Crippen LogP contribution is -2.03. The lowest BCUT2D eigenvalue weighted by atomic mass is 10.2. The van der Waals surface area contributed by atoms with Crippen LogP contribution in [0.25, 0.3) is 0 Å². The molecule has 7 heteroatoms. The normalized spacial score (nSPS) is 14.4. The second-order valence-corrected chi connectivity index (χ2v) is 4.12. The molecule has 0 atom stereocenters. The Balaban J connectivity index is 2.38. The van der Waals surface area contributed by atoms with E-state index in [1.54, 1.807) is 12.2 Å². The van der Waals surface area contributed by atoms with E-state index in [2.05, 4.69) is 9.97 Å². The zero-order valence-electron chi connectivity index (χ0n) is 10.4. The predicted octanol–water partition coefficient (Wildman–Crippen LogP) is 2.86. The summed E-state index contributed by atoms with van der Waals surface area (Å²) >= 11 is 5.86. The van der Waals surface area contributed by atoms with Crippen LogP contribution in [0.3, 0.4) is 0 Å². The van der Waals surface area contributed by atoms with Gasteiger partial charge in [0.25, 0.3) is 11.8 Å². The van der Waals surface area contributed by atoms with E-state index in [4.69, 9.17) is 26.3 Å². The topological polar surface area (TPSA) is 68.0 Å². The summed E-state index contributed by atoms with van der Waals surface area (Å²) in [5.74, 6) is -1.12. The Morgan fingerprint density at radius 1 is 1.40 bits per heavy atom. The fraction of sp³-hybridized carbons (Fsp3) is 0.154. The molecule has 0 spiro atoms. The lowest BCUT2D eigenvalue weighted by Gasteiger charge is -2.09. The number of methoxy groups -OCH3 is 1. The van der Waals surface area contributed by atoms with Gasteiger partial charge in [0.05, 0.1) is 12.7 Å². The molecule has 1 aliphatic rings. The van der Waals surface area contributed by atoms with Crippen LogP contribution in [0, 0.1) is 17.1 Å². The number of nitriles is 1. The summed E-state index contributed by atoms with van der Waals surface area (Å²) < 4.78 is 24.0. The van der Waals surface area contributed by atoms with E-state index in [-0.39, 0.29) is 23.1 Å². The molecule has 2 rings (SSSR count). The average Bonchev–Trinajstić information content (AvgIpc) is 2.62. The van der Waals surface area contributed by atoms with Crippen LogP contribution >= 0.6 is 11.6 Å². The first-order valence-electron chi connectivity index (χ1n) is 5.55. The molecule has 0 radical (unpaired) electrons. The number of nitrogens with zero attached hydrogens (tertiary/aromatic N) is 3. The Morgan fingerprint density at radius 3 is 2.85 bits per heavy atom. The Hall–Kier alpha value is -2.39. The number of halogens is 2. The lowest BCUT2D eigenvalue weighted by molar-refractivity contribution is 0.328. The molecule has 0 aliphatic heterocycles. The third-order valence-electron chi connectivity index (χ3n) is 2.42. The minimum Gasteiger partial charge on any atom is -0.479 e. The molecule has 5 nitrogen and oxygen atoms in total. The van der Waals surface area contributed by atoms with Crippen molar-refractivity contribution in [2.24, 2.45) is 0 Å². The van der Waals surface area contributed by atoms with Gasteiger partial charge >= 0.3 is 0 Å². The maximum atomic E-state index is 13.9. The van der Waals surface area contributed by atoms with E-state index in [1.807, 2.05) is 6.07 Å². The van der Waals surface area contributed by atoms with Crippen LogP contribution < -0.4 is 9.47 Å². The van der Waals surface area contributed by atoms with E-state index >= 15 is 0 Å². The number of ether oxygens (including phenoxy) is 2. The van der Waals surface area contributed by atoms with Crippen molar-refractivity contribution in [1.29, 1.82) is 5.26 Å². The zero-order valence-corrected chi connectivity index (χ0v) is 11.2. The van der Waals surface area contributed by atoms with Crippen molar-refractivity contribution in [2.75, 3.05) is 7.11 Å². The van der Waals surface area contributed by atoms with Gasteiger partial charge in [-0.3, -0.25) is 0 Å². The molecular weight excluding hydrogens is 285 g/mol. The van der Waals surface area contributed by atoms with Gasteiger partial charge in [0.15, 0.2) is 0 Å². The number of hydrogen-bond donors (Lipinski definition) is 0. The van der Waals surface area contributed by atoms with Crippen molar-refractivity contribution in [1.82, 2.24) is 9.97 Å². The summed E-state index contributed by atoms with van der Waals surface area (Å²) in [4.78, 5) is 7.29. The first-order chi connectivity index (χ1) is 9.65. The molecule has 1 aromatic rings. The molecule has 0 fully saturated rings. The molecule has 0 amide bonds. The molecule has 1 heterocycles. The van der Waals surface area contributed by atoms with Gasteiger partial charge in [-0.05, 0) is 12.2 Å². The number of rotatable bonds is 3. The van der Waals surface area contributed by atoms with Crippen LogP contribution in [-0.4, -0.2) is 17.1 Å². The van der Waals surface area contributed by atoms with Crippen molar-refractivity contribution >= 4 is 11.6 Å². The second-order valence-electron chi connectivity index (χ2n) is 3.69. The SMILES string of the molecule is COc1ncnc(OC2=C(C#N)C=C(Cl)C=CC2)c1F. The highest BCUT2D eigenvalue weighted by molar-refractivity contribution is 6.31. The highest BCUT2D eigenvalue weighted by Crippen LogP contribution is 2.26. The van der Waals surface area contributed by atoms with E-state index in [9.17, 15) is 4.39 Å². The maximum absolute atomic E-state index is 13.9. The molecular formula is C13H9ClFN3O2. The van der Waals surface area contributed by atoms with Crippen LogP contribution in [-0.2, 0) is 0 Å². The maximum Gasteiger partial charge on any atom is 0.262 e. The van der Waals surface area contributed by atoms with Gasteiger partial charge in [0.2, 0.25) is 5.82 Å². The molecule has 0 bridgehead atoms. The third kappa shape index (κ3) is 2.95. The summed E-state index contributed by atoms with van der Waals surface area (Å²) in [6, 6.07) is 1.95. The summed E-state index contributed by atoms with van der Waals surface area (Å²) in [6.45, 7) is 0. The Kier molecular flexibility index (Phi) is 4.33. The number of aromatic nitrogens is 2. The van der Waals surface area contributed by atoms with E-state index in [0.29, 0.717) is 11.5 Å². The first-order valence-corrected chi connectivity index (χ1v) is 5.92. The van der Waals surface area contributed by atoms with Crippen LogP contribution in [0.2, 0.25) is 0 Å². The molecule has 0 saturated heterocycles. The van der Waals surface area contributed by atoms with Gasteiger partial charge in [-0.15, -0.1) is 0 Å². The Morgan fingerprint density at radius 2 is 2.15 bits per heavy atom. The quantitative estimate of drug-likeness (QED) is 0.857. The summed E-state index contributed by atoms with van der Waals surface area (Å²) in [5.41, 5.74) is 0.206. The van der Waals surface area contributed by atoms with Crippen molar-refractivity contribution in [3.8, 4) is 17.8 Å². The summed E-state index contributed by atoms with van der Waals surface area (Å²) in [5, 5.41) is 9.47. The monoisotopic (exact) mass is 293 g/mol. The molecule has 102 valence electrons. The summed E-state index contributed by atoms with van der Waals surface area (Å²) in [6.07, 6.45) is 6.18. The van der Waals surface area contributed by atoms with Gasteiger partial charge in [-0.2, -0.15) is 19.6 Å². The first kappa shape index (κ1) is 14.0. The van der Waals surface area contributed by atoms with Crippen molar-refractivity contribution in [2.45, 2.75) is 6.42 Å². The molecule has 0 unspecified atom stereocenters. The van der Waals surface area contributed by atoms with E-state index < -0.39 is 5.82 Å². The molecule has 1 aliphatic carbocycles. The third-order valence-corrected chi connectivity index (χ3v) is 2.66. The number of allylic oxidation sites excluding steroid dienone is 5. The van der Waals surface area contributed by atoms with Crippen LogP contribution in [0.15, 0.2) is 40.9 Å². The minimum atomic E-state index is -0.830. The fourth-order valence-corrected chi connectivity index (χ4v) is 1.71. The van der Waals surface area contributed by atoms with Gasteiger partial charge in [0, 0.05) is 11.5 Å². The molecule has 0 aromatic carbocycles. The van der Waals surface area contributed by atoms with Crippen LogP contribution in [0.5, 0.6) is 11.8 Å². The Labute approximate surface area is 119 Å². The molecule has 1 aromatic heterocycles. The van der Waals surface area contributed by atoms with Crippen LogP contribution in [0.1, 0.15) is 6.42 Å². The smallest absolute Gasteiger partial charge is 0.262 e. The second kappa shape index (κ2) is 6.17. The van der Waals surface area contributed by atoms with Gasteiger partial charge in [-0.25, -0.2) is 0 Å². The molecule has 0 saturated carbocycles. The summed E-state index contributed by atoms with van der Waals surface area (Å²) in [7, 11) is 1.28. The molecule has 20 heavy (non-hydrogen) atoms. The Bertz CT molecular complexity index is 662. The van der Waals surface area contributed by atoms with Gasteiger partial charge in [-0.1, -0.05) is 17.7 Å². The molecule has 0 N–H and O–H groups in total. The predicted molar refractivity (Wildman–Crippen MR) is 69.5 cm³/mol. The van der Waals surface area contributed by atoms with Crippen molar-refractivity contribution in [3.63, 3.8) is 0 Å². The number of hydrogen-bond acceptors (Lipinski definition) is 5. The highest BCUT2D eigenvalue weighted by atomic mass is 35.5. The highest BCUT2D eigenvalue weighted by Gasteiger charge is 2.17. The minimum absolute atomic E-state index is 0.206. The largest absolute Gasteiger partial charge is 0.479 e. The van der Waals surface area contributed by atoms with Crippen LogP contribution in [0.4, 0.5) is 4.39 Å². The standard InChI is InChI=1S/C13H9ClFN3O2/c1-19-12-11(15)13(18-7-17-12)20-10-4-2-3-9(14)5-8(10)6-16/h2-3,5,7H,4H2,1H3. The van der Waals surface area contributed by atoms with Crippen molar-refractivity contribution < 1.29 is 13.9 Å². The van der Waals surface area contributed by atoms with E-state index in [1.165, 1.54) is 13.2 Å². The van der Waals surface area contributed by atoms with Crippen molar-refractivity contribution in [3.05, 3.63) is 46.7 Å². The van der Waals surface area contributed by atoms with Gasteiger partial charge < -0.3 is 9.47 Å². The average molecular weight is 294 g/mol. The zero-order chi connectivity index (χ0) is 14.5. The fourth-order valence-electron chi connectivity index (χ4n) is 1.51. The van der Waals surface area contributed by atoms with Gasteiger partial charge in [0.1, 0.15) is 18.2 Å². The van der Waals surface area contributed by atoms with E-state index in [0.717, 1.165) is 6.33 Å².